The zero-order chi connectivity index (χ0) is 10.2. The monoisotopic (exact) mass is 211 g/mol. The molecule has 0 aromatic heterocycles. The van der Waals surface area contributed by atoms with Crippen LogP contribution in [0.15, 0.2) is 23.1 Å². The van der Waals surface area contributed by atoms with Crippen LogP contribution in [0, 0.1) is 0 Å². The van der Waals surface area contributed by atoms with Crippen molar-refractivity contribution in [1.29, 1.82) is 0 Å². The Hall–Kier alpha value is -0.710. The van der Waals surface area contributed by atoms with Crippen LogP contribution in [0.5, 0.6) is 5.75 Å². The van der Waals surface area contributed by atoms with E-state index < -0.39 is 0 Å². The number of hydrogen-bond donors (Lipinski definition) is 2. The van der Waals surface area contributed by atoms with Crippen LogP contribution in [0.2, 0.25) is 0 Å². The van der Waals surface area contributed by atoms with E-state index in [0.717, 1.165) is 16.2 Å². The number of para-hydroxylation sites is 1. The Labute approximate surface area is 87.4 Å². The molecular weight excluding hydrogens is 198 g/mol. The minimum atomic E-state index is -0.201. The molecule has 1 aromatic rings. The Morgan fingerprint density at radius 2 is 2.29 bits per heavy atom. The summed E-state index contributed by atoms with van der Waals surface area (Å²) in [5.41, 5.74) is 3.14. The first-order valence-corrected chi connectivity index (χ1v) is 5.31. The van der Waals surface area contributed by atoms with E-state index in [9.17, 15) is 0 Å². The average Bonchev–Trinajstić information content (AvgIpc) is 2.41. The van der Waals surface area contributed by atoms with E-state index in [1.807, 2.05) is 32.0 Å². The maximum atomic E-state index is 8.67. The van der Waals surface area contributed by atoms with Crippen molar-refractivity contribution in [1.82, 2.24) is 5.48 Å². The van der Waals surface area contributed by atoms with Crippen molar-refractivity contribution >= 4 is 11.8 Å². The molecule has 76 valence electrons. The Morgan fingerprint density at radius 3 is 3.00 bits per heavy atom. The maximum absolute atomic E-state index is 8.67. The van der Waals surface area contributed by atoms with Crippen LogP contribution in [-0.2, 0) is 6.54 Å². The number of hydroxylamine groups is 1. The van der Waals surface area contributed by atoms with Gasteiger partial charge in [-0.2, -0.15) is 0 Å². The molecule has 1 heterocycles. The summed E-state index contributed by atoms with van der Waals surface area (Å²) in [5, 5.41) is 8.67. The first-order valence-electron chi connectivity index (χ1n) is 4.49. The van der Waals surface area contributed by atoms with Gasteiger partial charge in [-0.05, 0) is 19.9 Å². The Kier molecular flexibility index (Phi) is 2.43. The van der Waals surface area contributed by atoms with Gasteiger partial charge in [0.1, 0.15) is 5.75 Å². The van der Waals surface area contributed by atoms with Crippen molar-refractivity contribution in [3.8, 4) is 5.75 Å². The summed E-state index contributed by atoms with van der Waals surface area (Å²) in [6, 6.07) is 5.96. The molecule has 14 heavy (non-hydrogen) atoms. The molecule has 0 aliphatic carbocycles. The smallest absolute Gasteiger partial charge is 0.153 e. The Bertz CT molecular complexity index is 352. The lowest BCUT2D eigenvalue weighted by Gasteiger charge is -2.16. The van der Waals surface area contributed by atoms with E-state index in [0.29, 0.717) is 6.54 Å². The number of nitrogens with one attached hydrogen (secondary N) is 1. The largest absolute Gasteiger partial charge is 0.475 e. The van der Waals surface area contributed by atoms with Gasteiger partial charge in [0.25, 0.3) is 0 Å². The zero-order valence-electron chi connectivity index (χ0n) is 8.20. The minimum Gasteiger partial charge on any atom is -0.475 e. The topological polar surface area (TPSA) is 41.5 Å². The van der Waals surface area contributed by atoms with E-state index >= 15 is 0 Å². The molecule has 0 amide bonds. The van der Waals surface area contributed by atoms with E-state index in [1.165, 1.54) is 0 Å². The first-order chi connectivity index (χ1) is 6.62. The van der Waals surface area contributed by atoms with Crippen LogP contribution in [-0.4, -0.2) is 10.1 Å². The minimum absolute atomic E-state index is 0.201. The van der Waals surface area contributed by atoms with Gasteiger partial charge in [0.15, 0.2) is 4.93 Å². The van der Waals surface area contributed by atoms with Gasteiger partial charge in [-0.1, -0.05) is 23.9 Å². The van der Waals surface area contributed by atoms with Crippen LogP contribution >= 0.6 is 11.8 Å². The fraction of sp³-hybridized carbons (Fsp3) is 0.400. The molecule has 2 N–H and O–H groups in total. The number of hydrogen-bond acceptors (Lipinski definition) is 4. The lowest BCUT2D eigenvalue weighted by atomic mass is 10.2. The van der Waals surface area contributed by atoms with Gasteiger partial charge in [0.05, 0.1) is 4.90 Å². The van der Waals surface area contributed by atoms with Crippen molar-refractivity contribution in [2.24, 2.45) is 0 Å². The third-order valence-corrected chi connectivity index (χ3v) is 3.15. The van der Waals surface area contributed by atoms with Gasteiger partial charge < -0.3 is 9.94 Å². The molecule has 0 unspecified atom stereocenters. The summed E-state index contributed by atoms with van der Waals surface area (Å²) in [6.07, 6.45) is 0. The third kappa shape index (κ3) is 1.73. The van der Waals surface area contributed by atoms with E-state index in [4.69, 9.17) is 9.94 Å². The zero-order valence-corrected chi connectivity index (χ0v) is 9.02. The van der Waals surface area contributed by atoms with Gasteiger partial charge in [0, 0.05) is 12.1 Å². The summed E-state index contributed by atoms with van der Waals surface area (Å²) >= 11 is 1.70. The summed E-state index contributed by atoms with van der Waals surface area (Å²) in [7, 11) is 0. The fourth-order valence-electron chi connectivity index (χ4n) is 1.51. The van der Waals surface area contributed by atoms with Crippen LogP contribution in [0.1, 0.15) is 19.4 Å². The van der Waals surface area contributed by atoms with Gasteiger partial charge in [-0.15, -0.1) is 0 Å². The number of ether oxygens (including phenoxy) is 1. The van der Waals surface area contributed by atoms with E-state index in [-0.39, 0.29) is 4.93 Å². The standard InChI is InChI=1S/C10H13NO2S/c1-10(2)13-9-7(6-11-12)4-3-5-8(9)14-10/h3-5,11-12H,6H2,1-2H3. The molecule has 0 saturated heterocycles. The Balaban J connectivity index is 2.36. The van der Waals surface area contributed by atoms with Gasteiger partial charge >= 0.3 is 0 Å². The van der Waals surface area contributed by atoms with Gasteiger partial charge in [0.2, 0.25) is 0 Å². The number of rotatable bonds is 2. The fourth-order valence-corrected chi connectivity index (χ4v) is 2.58. The molecule has 0 bridgehead atoms. The van der Waals surface area contributed by atoms with Crippen LogP contribution in [0.4, 0.5) is 0 Å². The number of fused-ring (bicyclic) bond motifs is 1. The highest BCUT2D eigenvalue weighted by Gasteiger charge is 2.32. The molecule has 3 nitrogen and oxygen atoms in total. The molecular formula is C10H13NO2S. The van der Waals surface area contributed by atoms with Crippen molar-refractivity contribution in [2.45, 2.75) is 30.2 Å². The third-order valence-electron chi connectivity index (χ3n) is 2.03. The molecule has 0 spiro atoms. The molecule has 4 heteroatoms. The predicted octanol–water partition coefficient (Wildman–Crippen LogP) is 2.39. The molecule has 1 aromatic carbocycles. The normalized spacial score (nSPS) is 17.6. The highest BCUT2D eigenvalue weighted by molar-refractivity contribution is 8.00. The van der Waals surface area contributed by atoms with Crippen LogP contribution in [0.3, 0.4) is 0 Å². The van der Waals surface area contributed by atoms with Crippen molar-refractivity contribution < 1.29 is 9.94 Å². The maximum Gasteiger partial charge on any atom is 0.153 e. The van der Waals surface area contributed by atoms with Gasteiger partial charge in [-0.3, -0.25) is 0 Å². The van der Waals surface area contributed by atoms with Crippen LogP contribution < -0.4 is 10.2 Å². The van der Waals surface area contributed by atoms with Crippen LogP contribution in [0.25, 0.3) is 0 Å². The molecule has 2 rings (SSSR count). The lowest BCUT2D eigenvalue weighted by Crippen LogP contribution is -2.19. The summed E-state index contributed by atoms with van der Waals surface area (Å²) in [4.78, 5) is 0.941. The van der Waals surface area contributed by atoms with Crippen molar-refractivity contribution in [3.05, 3.63) is 23.8 Å². The van der Waals surface area contributed by atoms with Crippen molar-refractivity contribution in [2.75, 3.05) is 0 Å². The molecule has 1 aliphatic heterocycles. The number of benzene rings is 1. The van der Waals surface area contributed by atoms with Gasteiger partial charge in [-0.25, -0.2) is 5.48 Å². The second-order valence-electron chi connectivity index (χ2n) is 3.68. The average molecular weight is 211 g/mol. The predicted molar refractivity (Wildman–Crippen MR) is 55.6 cm³/mol. The van der Waals surface area contributed by atoms with E-state index in [1.54, 1.807) is 11.8 Å². The highest BCUT2D eigenvalue weighted by atomic mass is 32.2. The Morgan fingerprint density at radius 1 is 1.50 bits per heavy atom. The highest BCUT2D eigenvalue weighted by Crippen LogP contribution is 2.48. The molecule has 0 radical (unpaired) electrons. The summed E-state index contributed by atoms with van der Waals surface area (Å²) in [6.45, 7) is 4.49. The summed E-state index contributed by atoms with van der Waals surface area (Å²) < 4.78 is 5.79. The SMILES string of the molecule is CC1(C)Oc2c(CNO)cccc2S1. The van der Waals surface area contributed by atoms with Crippen molar-refractivity contribution in [3.63, 3.8) is 0 Å². The molecule has 0 fully saturated rings. The summed E-state index contributed by atoms with van der Waals surface area (Å²) in [5.74, 6) is 0.893. The first kappa shape index (κ1) is 9.83. The molecule has 0 atom stereocenters. The molecule has 0 saturated carbocycles. The second kappa shape index (κ2) is 3.46. The number of thioether (sulfide) groups is 1. The molecule has 1 aliphatic rings. The quantitative estimate of drug-likeness (QED) is 0.737. The van der Waals surface area contributed by atoms with E-state index in [2.05, 4.69) is 5.48 Å². The second-order valence-corrected chi connectivity index (χ2v) is 5.31. The lowest BCUT2D eigenvalue weighted by molar-refractivity contribution is 0.156.